The van der Waals surface area contributed by atoms with Gasteiger partial charge in [-0.05, 0) is 26.0 Å². The number of hydrogen-bond acceptors (Lipinski definition) is 4. The molecule has 1 aromatic carbocycles. The Balaban J connectivity index is 2.25. The van der Waals surface area contributed by atoms with Gasteiger partial charge in [0.2, 0.25) is 0 Å². The van der Waals surface area contributed by atoms with Crippen LogP contribution < -0.4 is 10.6 Å². The maximum Gasteiger partial charge on any atom is 0.307 e. The molecule has 0 aliphatic heterocycles. The minimum absolute atomic E-state index is 0.228. The van der Waals surface area contributed by atoms with Crippen molar-refractivity contribution >= 4 is 11.9 Å². The van der Waals surface area contributed by atoms with Gasteiger partial charge >= 0.3 is 5.97 Å². The first kappa shape index (κ1) is 20.0. The van der Waals surface area contributed by atoms with E-state index >= 15 is 0 Å². The lowest BCUT2D eigenvalue weighted by molar-refractivity contribution is -0.140. The van der Waals surface area contributed by atoms with Crippen LogP contribution in [0.3, 0.4) is 0 Å². The summed E-state index contributed by atoms with van der Waals surface area (Å²) in [7, 11) is 5.25. The summed E-state index contributed by atoms with van der Waals surface area (Å²) < 4.78 is 4.61. The monoisotopic (exact) mass is 334 g/mol. The molecule has 0 heterocycles. The predicted molar refractivity (Wildman–Crippen MR) is 98.0 cm³/mol. The molecule has 1 aromatic rings. The zero-order chi connectivity index (χ0) is 17.8. The van der Waals surface area contributed by atoms with Gasteiger partial charge in [-0.15, -0.1) is 0 Å². The minimum atomic E-state index is -0.228. The minimum Gasteiger partial charge on any atom is -0.469 e. The second-order valence-corrected chi connectivity index (χ2v) is 5.79. The van der Waals surface area contributed by atoms with Crippen LogP contribution in [0.4, 0.5) is 0 Å². The highest BCUT2D eigenvalue weighted by Crippen LogP contribution is 2.07. The quantitative estimate of drug-likeness (QED) is 0.408. The molecule has 24 heavy (non-hydrogen) atoms. The highest BCUT2D eigenvalue weighted by molar-refractivity contribution is 5.80. The molecule has 6 nitrogen and oxygen atoms in total. The van der Waals surface area contributed by atoms with Crippen molar-refractivity contribution in [1.29, 1.82) is 0 Å². The van der Waals surface area contributed by atoms with Gasteiger partial charge in [-0.1, -0.05) is 30.3 Å². The van der Waals surface area contributed by atoms with Gasteiger partial charge in [0.1, 0.15) is 0 Å². The average molecular weight is 334 g/mol. The van der Waals surface area contributed by atoms with Crippen LogP contribution in [0, 0.1) is 0 Å². The largest absolute Gasteiger partial charge is 0.469 e. The summed E-state index contributed by atoms with van der Waals surface area (Å²) in [5, 5.41) is 6.37. The van der Waals surface area contributed by atoms with E-state index in [2.05, 4.69) is 63.5 Å². The lowest BCUT2D eigenvalue weighted by Gasteiger charge is -2.25. The van der Waals surface area contributed by atoms with Crippen LogP contribution in [-0.4, -0.2) is 57.2 Å². The Kier molecular flexibility index (Phi) is 9.53. The first-order chi connectivity index (χ1) is 11.6. The second-order valence-electron chi connectivity index (χ2n) is 5.79. The van der Waals surface area contributed by atoms with Crippen LogP contribution in [0.1, 0.15) is 25.3 Å². The number of esters is 1. The van der Waals surface area contributed by atoms with Gasteiger partial charge in [0, 0.05) is 32.7 Å². The van der Waals surface area contributed by atoms with Crippen LogP contribution in [0.2, 0.25) is 0 Å². The summed E-state index contributed by atoms with van der Waals surface area (Å²) in [4.78, 5) is 17.6. The second kappa shape index (κ2) is 11.5. The van der Waals surface area contributed by atoms with Crippen molar-refractivity contribution in [3.8, 4) is 0 Å². The third kappa shape index (κ3) is 7.97. The fourth-order valence-corrected chi connectivity index (χ4v) is 2.25. The SMILES string of the molecule is CN=C(NCCC(=O)OC)NCCC(C)N(C)Cc1ccccc1. The number of methoxy groups -OCH3 is 1. The molecule has 1 atom stereocenters. The molecular weight excluding hydrogens is 304 g/mol. The van der Waals surface area contributed by atoms with Gasteiger partial charge in [0.15, 0.2) is 5.96 Å². The Morgan fingerprint density at radius 1 is 1.25 bits per heavy atom. The normalized spacial score (nSPS) is 12.8. The highest BCUT2D eigenvalue weighted by Gasteiger charge is 2.10. The molecule has 6 heteroatoms. The standard InChI is InChI=1S/C18H30N4O2/c1-15(22(3)14-16-8-6-5-7-9-16)10-12-20-18(19-2)21-13-11-17(23)24-4/h5-9,15H,10-14H2,1-4H3,(H2,19,20,21). The molecule has 0 amide bonds. The number of carbonyl (C=O) groups excluding carboxylic acids is 1. The molecule has 0 radical (unpaired) electrons. The van der Waals surface area contributed by atoms with E-state index < -0.39 is 0 Å². The van der Waals surface area contributed by atoms with E-state index in [1.54, 1.807) is 7.05 Å². The highest BCUT2D eigenvalue weighted by atomic mass is 16.5. The number of nitrogens with one attached hydrogen (secondary N) is 2. The predicted octanol–water partition coefficient (Wildman–Crippen LogP) is 1.63. The Morgan fingerprint density at radius 2 is 1.92 bits per heavy atom. The van der Waals surface area contributed by atoms with Crippen molar-refractivity contribution < 1.29 is 9.53 Å². The molecule has 0 aromatic heterocycles. The number of aliphatic imine (C=N–C) groups is 1. The summed E-state index contributed by atoms with van der Waals surface area (Å²) in [6, 6.07) is 10.9. The molecule has 1 rings (SSSR count). The zero-order valence-corrected chi connectivity index (χ0v) is 15.2. The van der Waals surface area contributed by atoms with Crippen molar-refractivity contribution in [3.63, 3.8) is 0 Å². The summed E-state index contributed by atoms with van der Waals surface area (Å²) >= 11 is 0. The summed E-state index contributed by atoms with van der Waals surface area (Å²) in [6.45, 7) is 4.49. The molecule has 0 aliphatic carbocycles. The average Bonchev–Trinajstić information content (AvgIpc) is 2.60. The summed E-state index contributed by atoms with van der Waals surface area (Å²) in [6.07, 6.45) is 1.33. The molecule has 0 spiro atoms. The fourth-order valence-electron chi connectivity index (χ4n) is 2.25. The topological polar surface area (TPSA) is 66.0 Å². The van der Waals surface area contributed by atoms with Crippen LogP contribution >= 0.6 is 0 Å². The lowest BCUT2D eigenvalue weighted by atomic mass is 10.1. The number of guanidine groups is 1. The van der Waals surface area contributed by atoms with E-state index in [1.807, 2.05) is 6.07 Å². The lowest BCUT2D eigenvalue weighted by Crippen LogP contribution is -2.40. The first-order valence-corrected chi connectivity index (χ1v) is 8.32. The fraction of sp³-hybridized carbons (Fsp3) is 0.556. The molecule has 0 saturated carbocycles. The molecular formula is C18H30N4O2. The van der Waals surface area contributed by atoms with E-state index in [9.17, 15) is 4.79 Å². The number of nitrogens with zero attached hydrogens (tertiary/aromatic N) is 2. The van der Waals surface area contributed by atoms with Crippen LogP contribution in [0.5, 0.6) is 0 Å². The molecule has 0 bridgehead atoms. The Morgan fingerprint density at radius 3 is 2.54 bits per heavy atom. The van der Waals surface area contributed by atoms with Gasteiger partial charge in [-0.3, -0.25) is 14.7 Å². The molecule has 0 fully saturated rings. The third-order valence-corrected chi connectivity index (χ3v) is 3.95. The number of rotatable bonds is 9. The molecule has 1 unspecified atom stereocenters. The number of hydrogen-bond donors (Lipinski definition) is 2. The van der Waals surface area contributed by atoms with E-state index in [1.165, 1.54) is 12.7 Å². The van der Waals surface area contributed by atoms with Crippen molar-refractivity contribution in [2.75, 3.05) is 34.3 Å². The van der Waals surface area contributed by atoms with Gasteiger partial charge in [0.25, 0.3) is 0 Å². The van der Waals surface area contributed by atoms with E-state index in [0.717, 1.165) is 19.5 Å². The van der Waals surface area contributed by atoms with Gasteiger partial charge in [-0.2, -0.15) is 0 Å². The number of ether oxygens (including phenoxy) is 1. The van der Waals surface area contributed by atoms with E-state index in [0.29, 0.717) is 25.0 Å². The maximum atomic E-state index is 11.1. The van der Waals surface area contributed by atoms with Crippen molar-refractivity contribution in [2.45, 2.75) is 32.4 Å². The first-order valence-electron chi connectivity index (χ1n) is 8.32. The zero-order valence-electron chi connectivity index (χ0n) is 15.2. The smallest absolute Gasteiger partial charge is 0.307 e. The van der Waals surface area contributed by atoms with Crippen molar-refractivity contribution in [2.24, 2.45) is 4.99 Å². The number of carbonyl (C=O) groups is 1. The Hall–Kier alpha value is -2.08. The Labute approximate surface area is 145 Å². The van der Waals surface area contributed by atoms with Crippen LogP contribution in [0.25, 0.3) is 0 Å². The third-order valence-electron chi connectivity index (χ3n) is 3.95. The van der Waals surface area contributed by atoms with E-state index in [-0.39, 0.29) is 5.97 Å². The van der Waals surface area contributed by atoms with Crippen LogP contribution in [-0.2, 0) is 16.1 Å². The summed E-state index contributed by atoms with van der Waals surface area (Å²) in [5.41, 5.74) is 1.32. The molecule has 0 saturated heterocycles. The molecule has 2 N–H and O–H groups in total. The van der Waals surface area contributed by atoms with Gasteiger partial charge < -0.3 is 15.4 Å². The number of benzene rings is 1. The Bertz CT molecular complexity index is 505. The van der Waals surface area contributed by atoms with Gasteiger partial charge in [0.05, 0.1) is 13.5 Å². The van der Waals surface area contributed by atoms with Gasteiger partial charge in [-0.25, -0.2) is 0 Å². The van der Waals surface area contributed by atoms with Crippen molar-refractivity contribution in [3.05, 3.63) is 35.9 Å². The molecule has 134 valence electrons. The molecule has 0 aliphatic rings. The summed E-state index contributed by atoms with van der Waals surface area (Å²) in [5.74, 6) is 0.478. The van der Waals surface area contributed by atoms with E-state index in [4.69, 9.17) is 0 Å². The van der Waals surface area contributed by atoms with Crippen LogP contribution in [0.15, 0.2) is 35.3 Å². The maximum absolute atomic E-state index is 11.1. The van der Waals surface area contributed by atoms with Crippen molar-refractivity contribution in [1.82, 2.24) is 15.5 Å².